The molecule has 0 saturated carbocycles. The highest BCUT2D eigenvalue weighted by Crippen LogP contribution is 2.47. The number of aromatic carboxylic acids is 1. The molecule has 3 aromatic rings. The maximum absolute atomic E-state index is 15.7. The lowest BCUT2D eigenvalue weighted by atomic mass is 9.69. The van der Waals surface area contributed by atoms with E-state index in [1.54, 1.807) is 0 Å². The number of carbonyl (C=O) groups excluding carboxylic acids is 3. The van der Waals surface area contributed by atoms with Crippen LogP contribution in [0, 0.1) is 28.3 Å². The fourth-order valence-electron chi connectivity index (χ4n) is 7.44. The highest BCUT2D eigenvalue weighted by Gasteiger charge is 2.35. The van der Waals surface area contributed by atoms with Crippen molar-refractivity contribution >= 4 is 23.8 Å². The molecule has 0 fully saturated rings. The molecule has 0 bridgehead atoms. The van der Waals surface area contributed by atoms with Crippen molar-refractivity contribution < 1.29 is 37.4 Å². The van der Waals surface area contributed by atoms with Crippen molar-refractivity contribution in [3.05, 3.63) is 91.6 Å². The van der Waals surface area contributed by atoms with E-state index in [0.717, 1.165) is 41.2 Å². The molecule has 6 rings (SSSR count). The summed E-state index contributed by atoms with van der Waals surface area (Å²) in [4.78, 5) is 28.4. The lowest BCUT2D eigenvalue weighted by molar-refractivity contribution is -0.255. The molecular formula is C35H32F3O5-. The number of hydrogen-bond donors (Lipinski definition) is 0. The van der Waals surface area contributed by atoms with Crippen LogP contribution in [0.2, 0.25) is 0 Å². The van der Waals surface area contributed by atoms with Crippen LogP contribution in [0.4, 0.5) is 13.2 Å². The zero-order valence-electron chi connectivity index (χ0n) is 24.9. The molecule has 43 heavy (non-hydrogen) atoms. The predicted octanol–water partition coefficient (Wildman–Crippen LogP) is 5.63. The highest BCUT2D eigenvalue weighted by molar-refractivity contribution is 5.98. The number of carboxylic acids is 1. The molecule has 0 amide bonds. The summed E-state index contributed by atoms with van der Waals surface area (Å²) in [5.74, 6) is -5.19. The molecule has 0 spiro atoms. The van der Waals surface area contributed by atoms with Crippen molar-refractivity contribution in [2.24, 2.45) is 10.8 Å². The molecule has 8 heteroatoms. The molecule has 5 nitrogen and oxygen atoms in total. The van der Waals surface area contributed by atoms with Crippen molar-refractivity contribution in [3.8, 4) is 11.5 Å². The summed E-state index contributed by atoms with van der Waals surface area (Å²) in [6.45, 7) is 13.0. The second kappa shape index (κ2) is 10.5. The van der Waals surface area contributed by atoms with Gasteiger partial charge in [-0.1, -0.05) is 47.6 Å². The van der Waals surface area contributed by atoms with E-state index in [4.69, 9.17) is 14.3 Å². The first-order valence-corrected chi connectivity index (χ1v) is 14.2. The number of halogens is 3. The Morgan fingerprint density at radius 3 is 2.21 bits per heavy atom. The third-order valence-corrected chi connectivity index (χ3v) is 8.78. The van der Waals surface area contributed by atoms with Gasteiger partial charge in [0.05, 0.1) is 5.97 Å². The Hall–Kier alpha value is -4.16. The fraction of sp³-hybridized carbons (Fsp3) is 0.371. The normalized spacial score (nSPS) is 20.4. The van der Waals surface area contributed by atoms with Crippen molar-refractivity contribution in [2.45, 2.75) is 72.6 Å². The molecule has 0 N–H and O–H groups in total. The predicted molar refractivity (Wildman–Crippen MR) is 151 cm³/mol. The average molecular weight is 590 g/mol. The van der Waals surface area contributed by atoms with Gasteiger partial charge in [-0.3, -0.25) is 0 Å². The smallest absolute Gasteiger partial charge is 0.373 e. The Morgan fingerprint density at radius 2 is 1.56 bits per heavy atom. The van der Waals surface area contributed by atoms with Crippen LogP contribution in [0.25, 0.3) is 11.6 Å². The lowest BCUT2D eigenvalue weighted by Gasteiger charge is -2.37. The molecule has 1 heterocycles. The Kier molecular flexibility index (Phi) is 7.42. The standard InChI is InChI=1S/C34H33F3O3.CO2/c1-16-12-33(3,4)14-18-7-26-22(9-20(16)18)28(29-24(35)11-25(36)31(37)30(29)32(38)39)23-10-21-17(2)13-34(5,6)15-19(21)8-27(23)40-26;2-1-3/h7-11,14,16-17H,12-13,15H2,1-6H3,(H,38,39);/p-1. The Balaban J connectivity index is 0.00000118. The van der Waals surface area contributed by atoms with Gasteiger partial charge in [0.25, 0.3) is 0 Å². The van der Waals surface area contributed by atoms with Crippen LogP contribution in [0.3, 0.4) is 0 Å². The van der Waals surface area contributed by atoms with Gasteiger partial charge in [0.1, 0.15) is 17.3 Å². The molecule has 2 unspecified atom stereocenters. The van der Waals surface area contributed by atoms with E-state index >= 15 is 8.78 Å². The number of rotatable bonds is 2. The third-order valence-electron chi connectivity index (χ3n) is 8.78. The maximum Gasteiger partial charge on any atom is 0.373 e. The number of ether oxygens (including phenoxy) is 1. The molecule has 2 atom stereocenters. The lowest BCUT2D eigenvalue weighted by Crippen LogP contribution is -2.32. The van der Waals surface area contributed by atoms with Gasteiger partial charge in [0, 0.05) is 33.5 Å². The first-order valence-electron chi connectivity index (χ1n) is 14.2. The maximum atomic E-state index is 15.7. The molecule has 2 aliphatic carbocycles. The Morgan fingerprint density at radius 1 is 0.907 bits per heavy atom. The Bertz CT molecular complexity index is 1850. The van der Waals surface area contributed by atoms with Gasteiger partial charge >= 0.3 is 6.15 Å². The minimum Gasteiger partial charge on any atom is -0.545 e. The molecule has 3 aliphatic rings. The summed E-state index contributed by atoms with van der Waals surface area (Å²) >= 11 is 0. The van der Waals surface area contributed by atoms with Crippen LogP contribution < -0.4 is 20.3 Å². The number of fused-ring (bicyclic) bond motifs is 4. The largest absolute Gasteiger partial charge is 0.545 e. The highest BCUT2D eigenvalue weighted by atomic mass is 19.2. The second-order valence-corrected chi connectivity index (χ2v) is 13.5. The number of hydrogen-bond acceptors (Lipinski definition) is 5. The first-order chi connectivity index (χ1) is 20.1. The minimum absolute atomic E-state index is 0.0467. The van der Waals surface area contributed by atoms with E-state index in [-0.39, 0.29) is 34.4 Å². The van der Waals surface area contributed by atoms with Gasteiger partial charge in [0.15, 0.2) is 11.6 Å². The zero-order valence-corrected chi connectivity index (χ0v) is 24.9. The number of carbonyl (C=O) groups is 1. The van der Waals surface area contributed by atoms with Crippen molar-refractivity contribution in [3.63, 3.8) is 0 Å². The molecule has 1 aliphatic heterocycles. The van der Waals surface area contributed by atoms with E-state index in [0.29, 0.717) is 28.3 Å². The molecule has 3 aromatic carbocycles. The van der Waals surface area contributed by atoms with Crippen LogP contribution in [0.15, 0.2) is 30.3 Å². The van der Waals surface area contributed by atoms with Gasteiger partial charge < -0.3 is 14.6 Å². The molecular weight excluding hydrogens is 557 g/mol. The zero-order chi connectivity index (χ0) is 31.6. The summed E-state index contributed by atoms with van der Waals surface area (Å²) < 4.78 is 51.5. The molecule has 224 valence electrons. The number of carboxylic acid groups (broad SMARTS) is 1. The minimum atomic E-state index is -1.98. The van der Waals surface area contributed by atoms with Crippen molar-refractivity contribution in [2.75, 3.05) is 0 Å². The van der Waals surface area contributed by atoms with Crippen LogP contribution in [-0.4, -0.2) is 12.1 Å². The van der Waals surface area contributed by atoms with Gasteiger partial charge in [-0.05, 0) is 88.1 Å². The molecule has 0 aromatic heterocycles. The van der Waals surface area contributed by atoms with Crippen LogP contribution in [-0.2, 0) is 16.0 Å². The summed E-state index contributed by atoms with van der Waals surface area (Å²) in [5, 5.41) is 13.6. The van der Waals surface area contributed by atoms with Gasteiger partial charge in [-0.15, -0.1) is 0 Å². The SMILES string of the molecule is CC1CC(C)(C)Cc2cc3c(cc21)C(c1c(F)cc(F)c(F)c1C(=O)[O-])=c1cc2c(cc1O3)=CC(C)(C)CC2C.O=C=O. The van der Waals surface area contributed by atoms with E-state index in [1.165, 1.54) is 0 Å². The summed E-state index contributed by atoms with van der Waals surface area (Å²) in [7, 11) is 0. The second-order valence-electron chi connectivity index (χ2n) is 13.5. The summed E-state index contributed by atoms with van der Waals surface area (Å²) in [5.41, 5.74) is 2.17. The van der Waals surface area contributed by atoms with E-state index in [1.807, 2.05) is 24.3 Å². The fourth-order valence-corrected chi connectivity index (χ4v) is 7.44. The monoisotopic (exact) mass is 589 g/mol. The number of benzene rings is 3. The van der Waals surface area contributed by atoms with Crippen molar-refractivity contribution in [1.82, 2.24) is 0 Å². The Labute approximate surface area is 247 Å². The third kappa shape index (κ3) is 5.29. The average Bonchev–Trinajstić information content (AvgIpc) is 2.87. The van der Waals surface area contributed by atoms with Gasteiger partial charge in [-0.2, -0.15) is 9.59 Å². The van der Waals surface area contributed by atoms with Crippen LogP contribution in [0.1, 0.15) is 104 Å². The van der Waals surface area contributed by atoms with E-state index < -0.39 is 34.5 Å². The van der Waals surface area contributed by atoms with Gasteiger partial charge in [0.2, 0.25) is 0 Å². The van der Waals surface area contributed by atoms with Crippen LogP contribution >= 0.6 is 0 Å². The van der Waals surface area contributed by atoms with Crippen LogP contribution in [0.5, 0.6) is 11.5 Å². The quantitative estimate of drug-likeness (QED) is 0.283. The molecule has 0 saturated heterocycles. The molecule has 0 radical (unpaired) electrons. The van der Waals surface area contributed by atoms with E-state index in [9.17, 15) is 14.3 Å². The summed E-state index contributed by atoms with van der Waals surface area (Å²) in [6, 6.07) is 8.05. The van der Waals surface area contributed by atoms with Gasteiger partial charge in [-0.25, -0.2) is 13.2 Å². The van der Waals surface area contributed by atoms with Crippen molar-refractivity contribution in [1.29, 1.82) is 0 Å². The first kappa shape index (κ1) is 30.3. The van der Waals surface area contributed by atoms with E-state index in [2.05, 4.69) is 47.6 Å². The summed E-state index contributed by atoms with van der Waals surface area (Å²) in [6.07, 6.45) is 5.07. The topological polar surface area (TPSA) is 83.5 Å².